The molecule has 0 radical (unpaired) electrons. The van der Waals surface area contributed by atoms with E-state index in [0.29, 0.717) is 0 Å². The Balaban J connectivity index is 0.000000105. The SMILES string of the molecule is c1ccc(-c2ccc(-n3c4ccccc4c4c(-c5ccc6c(n5)c5ccccc5n6-c5ccccc5)cccc43)cc2)cc1.c1ccc(-n2c3ccccc3c3nc(-c4cccc5c4c4ccccc4n5-c4ccc5ccccc5c4)ccc32)cc1.c1ccc(-n2c3ccccc3c3nc(-c4cccc5c4c4ccccc4n5-c4ccccc4)ccc32)cc1. The zero-order valence-electron chi connectivity index (χ0n) is 67.3. The van der Waals surface area contributed by atoms with Crippen LogP contribution in [0.1, 0.15) is 0 Å². The van der Waals surface area contributed by atoms with Gasteiger partial charge in [0, 0.05) is 99.3 Å². The molecule has 0 saturated carbocycles. The molecule has 0 aliphatic rings. The van der Waals surface area contributed by atoms with Gasteiger partial charge in [-0.25, -0.2) is 15.0 Å². The van der Waals surface area contributed by atoms with Crippen LogP contribution in [-0.4, -0.2) is 42.4 Å². The number of benzene rings is 17. The molecule has 9 aromatic heterocycles. The van der Waals surface area contributed by atoms with E-state index in [1.54, 1.807) is 0 Å². The van der Waals surface area contributed by atoms with Crippen molar-refractivity contribution in [1.82, 2.24) is 42.4 Å². The van der Waals surface area contributed by atoms with E-state index < -0.39 is 0 Å². The van der Waals surface area contributed by atoms with Gasteiger partial charge in [-0.2, -0.15) is 0 Å². The van der Waals surface area contributed by atoms with E-state index in [4.69, 9.17) is 15.0 Å². The van der Waals surface area contributed by atoms with Crippen molar-refractivity contribution >= 4 is 142 Å². The summed E-state index contributed by atoms with van der Waals surface area (Å²) in [6, 6.07) is 162. The number of para-hydroxylation sites is 10. The summed E-state index contributed by atoms with van der Waals surface area (Å²) in [4.78, 5) is 16.1. The third kappa shape index (κ3) is 11.7. The number of aromatic nitrogens is 9. The maximum Gasteiger partial charge on any atom is 0.0970 e. The molecule has 0 fully saturated rings. The molecule has 0 unspecified atom stereocenters. The van der Waals surface area contributed by atoms with E-state index in [1.165, 1.54) is 87.3 Å². The second-order valence-corrected chi connectivity index (χ2v) is 31.7. The molecule has 9 heterocycles. The molecule has 26 aromatic rings. The molecule has 124 heavy (non-hydrogen) atoms. The first kappa shape index (κ1) is 71.4. The first-order valence-electron chi connectivity index (χ1n) is 42.2. The molecule has 0 aliphatic heterocycles. The summed E-state index contributed by atoms with van der Waals surface area (Å²) in [7, 11) is 0. The predicted molar refractivity (Wildman–Crippen MR) is 518 cm³/mol. The van der Waals surface area contributed by atoms with Crippen molar-refractivity contribution in [3.05, 3.63) is 455 Å². The van der Waals surface area contributed by atoms with Gasteiger partial charge < -0.3 is 27.4 Å². The molecule has 9 heteroatoms. The van der Waals surface area contributed by atoms with E-state index in [-0.39, 0.29) is 0 Å². The molecule has 0 amide bonds. The van der Waals surface area contributed by atoms with Gasteiger partial charge in [-0.15, -0.1) is 0 Å². The zero-order valence-corrected chi connectivity index (χ0v) is 67.3. The quantitative estimate of drug-likeness (QED) is 0.137. The van der Waals surface area contributed by atoms with E-state index in [1.807, 2.05) is 0 Å². The first-order valence-corrected chi connectivity index (χ1v) is 42.2. The van der Waals surface area contributed by atoms with Crippen molar-refractivity contribution in [2.75, 3.05) is 0 Å². The molecule has 0 bridgehead atoms. The van der Waals surface area contributed by atoms with E-state index in [9.17, 15) is 0 Å². The zero-order chi connectivity index (χ0) is 81.7. The Morgan fingerprint density at radius 1 is 0.145 bits per heavy atom. The van der Waals surface area contributed by atoms with Crippen LogP contribution in [-0.2, 0) is 0 Å². The summed E-state index contributed by atoms with van der Waals surface area (Å²) < 4.78 is 14.1. The first-order chi connectivity index (χ1) is 61.6. The van der Waals surface area contributed by atoms with Gasteiger partial charge in [0.1, 0.15) is 0 Å². The molecule has 17 aromatic carbocycles. The molecular formula is C115H75N9. The molecule has 26 rings (SSSR count). The lowest BCUT2D eigenvalue weighted by Gasteiger charge is -2.10. The van der Waals surface area contributed by atoms with Crippen LogP contribution in [0.5, 0.6) is 0 Å². The Kier molecular flexibility index (Phi) is 17.1. The molecule has 9 nitrogen and oxygen atoms in total. The molecular weight excluding hydrogens is 1510 g/mol. The van der Waals surface area contributed by atoms with E-state index >= 15 is 0 Å². The van der Waals surface area contributed by atoms with E-state index in [0.717, 1.165) is 134 Å². The van der Waals surface area contributed by atoms with Crippen molar-refractivity contribution < 1.29 is 0 Å². The van der Waals surface area contributed by atoms with Gasteiger partial charge in [-0.1, -0.05) is 291 Å². The molecule has 0 N–H and O–H groups in total. The van der Waals surface area contributed by atoms with Gasteiger partial charge in [0.05, 0.1) is 99.8 Å². The maximum atomic E-state index is 5.37. The van der Waals surface area contributed by atoms with Crippen LogP contribution in [0.3, 0.4) is 0 Å². The minimum absolute atomic E-state index is 0.974. The minimum atomic E-state index is 0.974. The largest absolute Gasteiger partial charge is 0.309 e. The Bertz CT molecular complexity index is 8650. The summed E-state index contributed by atoms with van der Waals surface area (Å²) in [5, 5.41) is 13.3. The van der Waals surface area contributed by atoms with Crippen LogP contribution in [0.25, 0.3) is 221 Å². The van der Waals surface area contributed by atoms with Gasteiger partial charge in [0.15, 0.2) is 0 Å². The van der Waals surface area contributed by atoms with Crippen LogP contribution in [0.15, 0.2) is 455 Å². The average molecular weight is 1580 g/mol. The van der Waals surface area contributed by atoms with Crippen molar-refractivity contribution in [2.45, 2.75) is 0 Å². The topological polar surface area (TPSA) is 68.2 Å². The normalized spacial score (nSPS) is 11.7. The second-order valence-electron chi connectivity index (χ2n) is 31.7. The van der Waals surface area contributed by atoms with Crippen LogP contribution >= 0.6 is 0 Å². The fraction of sp³-hybridized carbons (Fsp3) is 0. The highest BCUT2D eigenvalue weighted by atomic mass is 15.0. The minimum Gasteiger partial charge on any atom is -0.309 e. The summed E-state index contributed by atoms with van der Waals surface area (Å²) in [5.41, 5.74) is 32.6. The highest BCUT2D eigenvalue weighted by Gasteiger charge is 2.25. The summed E-state index contributed by atoms with van der Waals surface area (Å²) >= 11 is 0. The van der Waals surface area contributed by atoms with Crippen LogP contribution in [0.4, 0.5) is 0 Å². The third-order valence-electron chi connectivity index (χ3n) is 24.7. The molecule has 0 aliphatic carbocycles. The number of pyridine rings is 3. The van der Waals surface area contributed by atoms with Gasteiger partial charge in [-0.05, 0) is 186 Å². The second kappa shape index (κ2) is 29.6. The smallest absolute Gasteiger partial charge is 0.0970 e. The molecule has 580 valence electrons. The van der Waals surface area contributed by atoms with E-state index in [2.05, 4.69) is 482 Å². The number of hydrogen-bond donors (Lipinski definition) is 0. The lowest BCUT2D eigenvalue weighted by molar-refractivity contribution is 1.17. The van der Waals surface area contributed by atoms with Gasteiger partial charge in [0.2, 0.25) is 0 Å². The van der Waals surface area contributed by atoms with Gasteiger partial charge in [0.25, 0.3) is 0 Å². The van der Waals surface area contributed by atoms with Crippen molar-refractivity contribution in [2.24, 2.45) is 0 Å². The van der Waals surface area contributed by atoms with Crippen molar-refractivity contribution in [3.63, 3.8) is 0 Å². The lowest BCUT2D eigenvalue weighted by atomic mass is 10.0. The van der Waals surface area contributed by atoms with Crippen LogP contribution in [0.2, 0.25) is 0 Å². The third-order valence-corrected chi connectivity index (χ3v) is 24.7. The molecule has 0 spiro atoms. The van der Waals surface area contributed by atoms with Crippen molar-refractivity contribution in [3.8, 4) is 79.0 Å². The monoisotopic (exact) mass is 1580 g/mol. The summed E-state index contributed by atoms with van der Waals surface area (Å²) in [6.07, 6.45) is 0. The predicted octanol–water partition coefficient (Wildman–Crippen LogP) is 29.6. The Morgan fingerprint density at radius 2 is 0.395 bits per heavy atom. The fourth-order valence-corrected chi connectivity index (χ4v) is 19.4. The highest BCUT2D eigenvalue weighted by molar-refractivity contribution is 6.20. The number of fused-ring (bicyclic) bond motifs is 19. The summed E-state index contributed by atoms with van der Waals surface area (Å²) in [6.45, 7) is 0. The number of rotatable bonds is 10. The lowest BCUT2D eigenvalue weighted by Crippen LogP contribution is -1.94. The Labute approximate surface area is 713 Å². The van der Waals surface area contributed by atoms with Gasteiger partial charge in [-0.3, -0.25) is 0 Å². The fourth-order valence-electron chi connectivity index (χ4n) is 19.4. The maximum absolute atomic E-state index is 5.37. The van der Waals surface area contributed by atoms with Crippen LogP contribution < -0.4 is 0 Å². The number of nitrogens with zero attached hydrogens (tertiary/aromatic N) is 9. The van der Waals surface area contributed by atoms with Crippen molar-refractivity contribution in [1.29, 1.82) is 0 Å². The standard InChI is InChI=1S/C41H27N3.C39H25N3.C35H23N3/c1-3-12-28(13-4-1)29-22-24-31(25-23-29)43-36-19-9-7-16-33(36)40-32(18-11-21-38(40)43)35-26-27-39-41(42-35)34-17-8-10-20-37(34)44(39)30-14-5-2-6-15-30;1-2-13-28(14-3-1)41-35-19-9-7-16-32(35)39-37(41)24-23-33(40-39)30-17-10-20-36-38(30)31-15-6-8-18-34(31)42(36)29-22-21-26-11-4-5-12-27(26)25-29;1-3-12-24(13-4-1)37-30-19-9-7-16-27(30)34-26(18-11-21-32(34)37)29-22-23-33-35(36-29)28-17-8-10-20-31(28)38(33)25-14-5-2-6-15-25/h1-27H;1-25H;1-23H. The van der Waals surface area contributed by atoms with Gasteiger partial charge >= 0.3 is 0 Å². The van der Waals surface area contributed by atoms with Crippen LogP contribution in [0, 0.1) is 0 Å². The number of hydrogen-bond acceptors (Lipinski definition) is 3. The summed E-state index contributed by atoms with van der Waals surface area (Å²) in [5.74, 6) is 0. The highest BCUT2D eigenvalue weighted by Crippen LogP contribution is 2.45. The Hall–Kier alpha value is -16.8. The average Bonchev–Trinajstić information content (AvgIpc) is 1.57. The Morgan fingerprint density at radius 3 is 0.750 bits per heavy atom. The molecule has 0 saturated heterocycles. The molecule has 0 atom stereocenters.